The number of benzene rings is 2. The Morgan fingerprint density at radius 2 is 1.69 bits per heavy atom. The third-order valence-corrected chi connectivity index (χ3v) is 4.24. The van der Waals surface area contributed by atoms with Gasteiger partial charge in [0.2, 0.25) is 5.75 Å². The van der Waals surface area contributed by atoms with Crippen molar-refractivity contribution in [2.75, 3.05) is 27.9 Å². The van der Waals surface area contributed by atoms with Crippen LogP contribution >= 0.6 is 0 Å². The van der Waals surface area contributed by atoms with Crippen molar-refractivity contribution in [2.24, 2.45) is 0 Å². The first-order valence-electron chi connectivity index (χ1n) is 9.10. The highest BCUT2D eigenvalue weighted by atomic mass is 16.6. The van der Waals surface area contributed by atoms with E-state index in [4.69, 9.17) is 28.1 Å². The maximum Gasteiger partial charge on any atom is 0.344 e. The first kappa shape index (κ1) is 20.4. The molecule has 0 aliphatic carbocycles. The summed E-state index contributed by atoms with van der Waals surface area (Å²) < 4.78 is 32.6. The van der Waals surface area contributed by atoms with E-state index in [1.165, 1.54) is 0 Å². The monoisotopic (exact) mass is 400 g/mol. The summed E-state index contributed by atoms with van der Waals surface area (Å²) in [6.07, 6.45) is 1.47. The molecule has 3 aromatic rings. The van der Waals surface area contributed by atoms with E-state index in [0.717, 1.165) is 16.5 Å². The van der Waals surface area contributed by atoms with Crippen molar-refractivity contribution in [1.29, 1.82) is 0 Å². The molecule has 7 heteroatoms. The van der Waals surface area contributed by atoms with Gasteiger partial charge in [-0.1, -0.05) is 0 Å². The Labute approximate surface area is 169 Å². The Morgan fingerprint density at radius 1 is 1.00 bits per heavy atom. The summed E-state index contributed by atoms with van der Waals surface area (Å²) in [6, 6.07) is 9.05. The molecule has 154 valence electrons. The van der Waals surface area contributed by atoms with Crippen LogP contribution in [-0.2, 0) is 9.53 Å². The van der Waals surface area contributed by atoms with Gasteiger partial charge in [-0.3, -0.25) is 0 Å². The topological polar surface area (TPSA) is 76.4 Å². The first-order valence-corrected chi connectivity index (χ1v) is 9.10. The molecule has 3 rings (SSSR count). The molecule has 0 aliphatic rings. The maximum atomic E-state index is 11.7. The van der Waals surface area contributed by atoms with Gasteiger partial charge < -0.3 is 28.1 Å². The average molecular weight is 400 g/mol. The number of ether oxygens (including phenoxy) is 5. The van der Waals surface area contributed by atoms with E-state index in [0.29, 0.717) is 28.6 Å². The van der Waals surface area contributed by atoms with Crippen molar-refractivity contribution < 1.29 is 32.9 Å². The number of carbonyl (C=O) groups excluding carboxylic acids is 1. The van der Waals surface area contributed by atoms with Gasteiger partial charge in [-0.15, -0.1) is 0 Å². The fourth-order valence-corrected chi connectivity index (χ4v) is 3.00. The standard InChI is InChI=1S/C22H24O7/c1-13(2)29-21(23)12-27-15-6-7-18-16(10-15)17(11-28-18)14-8-19(24-3)22(26-5)20(9-14)25-4/h6-11,13H,12H2,1-5H3. The molecule has 0 atom stereocenters. The summed E-state index contributed by atoms with van der Waals surface area (Å²) in [7, 11) is 4.69. The zero-order valence-electron chi connectivity index (χ0n) is 17.1. The summed E-state index contributed by atoms with van der Waals surface area (Å²) in [5, 5.41) is 0.828. The van der Waals surface area contributed by atoms with Crippen LogP contribution in [0.5, 0.6) is 23.0 Å². The molecule has 0 N–H and O–H groups in total. The van der Waals surface area contributed by atoms with Gasteiger partial charge in [0.25, 0.3) is 0 Å². The molecule has 29 heavy (non-hydrogen) atoms. The van der Waals surface area contributed by atoms with E-state index in [-0.39, 0.29) is 12.7 Å². The van der Waals surface area contributed by atoms with Crippen molar-refractivity contribution in [2.45, 2.75) is 20.0 Å². The lowest BCUT2D eigenvalue weighted by molar-refractivity contribution is -0.149. The molecule has 0 saturated carbocycles. The second-order valence-corrected chi connectivity index (χ2v) is 6.55. The van der Waals surface area contributed by atoms with Crippen molar-refractivity contribution in [1.82, 2.24) is 0 Å². The molecule has 2 aromatic carbocycles. The summed E-state index contributed by atoms with van der Waals surface area (Å²) >= 11 is 0. The minimum atomic E-state index is -0.419. The normalized spacial score (nSPS) is 10.8. The van der Waals surface area contributed by atoms with Gasteiger partial charge in [0, 0.05) is 10.9 Å². The molecular formula is C22H24O7. The maximum absolute atomic E-state index is 11.7. The van der Waals surface area contributed by atoms with Crippen LogP contribution in [0.4, 0.5) is 0 Å². The molecule has 0 saturated heterocycles. The zero-order chi connectivity index (χ0) is 21.0. The van der Waals surface area contributed by atoms with Gasteiger partial charge in [-0.05, 0) is 49.7 Å². The van der Waals surface area contributed by atoms with Gasteiger partial charge >= 0.3 is 5.97 Å². The van der Waals surface area contributed by atoms with Crippen LogP contribution in [0.1, 0.15) is 13.8 Å². The Hall–Kier alpha value is -3.35. The van der Waals surface area contributed by atoms with Gasteiger partial charge in [0.1, 0.15) is 11.3 Å². The number of rotatable bonds is 8. The van der Waals surface area contributed by atoms with Crippen LogP contribution in [0.25, 0.3) is 22.1 Å². The van der Waals surface area contributed by atoms with E-state index in [2.05, 4.69) is 0 Å². The molecule has 0 radical (unpaired) electrons. The third kappa shape index (κ3) is 4.39. The van der Waals surface area contributed by atoms with Crippen LogP contribution in [0, 0.1) is 0 Å². The van der Waals surface area contributed by atoms with Crippen LogP contribution in [0.15, 0.2) is 41.0 Å². The van der Waals surface area contributed by atoms with Crippen LogP contribution in [0.3, 0.4) is 0 Å². The summed E-state index contributed by atoms with van der Waals surface area (Å²) in [5.74, 6) is 1.71. The third-order valence-electron chi connectivity index (χ3n) is 4.24. The van der Waals surface area contributed by atoms with Crippen molar-refractivity contribution in [3.05, 3.63) is 36.6 Å². The molecular weight excluding hydrogens is 376 g/mol. The second kappa shape index (κ2) is 8.77. The van der Waals surface area contributed by atoms with Gasteiger partial charge in [0.05, 0.1) is 33.7 Å². The largest absolute Gasteiger partial charge is 0.493 e. The highest BCUT2D eigenvalue weighted by Gasteiger charge is 2.17. The van der Waals surface area contributed by atoms with Crippen molar-refractivity contribution >= 4 is 16.9 Å². The Morgan fingerprint density at radius 3 is 2.28 bits per heavy atom. The number of carbonyl (C=O) groups is 1. The lowest BCUT2D eigenvalue weighted by Crippen LogP contribution is -2.18. The minimum absolute atomic E-state index is 0.166. The van der Waals surface area contributed by atoms with Crippen LogP contribution in [0.2, 0.25) is 0 Å². The van der Waals surface area contributed by atoms with Crippen molar-refractivity contribution in [3.63, 3.8) is 0 Å². The number of methoxy groups -OCH3 is 3. The summed E-state index contributed by atoms with van der Waals surface area (Å²) in [4.78, 5) is 11.7. The Kier molecular flexibility index (Phi) is 6.16. The quantitative estimate of drug-likeness (QED) is 0.517. The predicted octanol–water partition coefficient (Wildman–Crippen LogP) is 4.46. The smallest absolute Gasteiger partial charge is 0.344 e. The number of furan rings is 1. The molecule has 0 spiro atoms. The number of hydrogen-bond acceptors (Lipinski definition) is 7. The Bertz CT molecular complexity index is 979. The van der Waals surface area contributed by atoms with Gasteiger partial charge in [-0.25, -0.2) is 4.79 Å². The summed E-state index contributed by atoms with van der Waals surface area (Å²) in [5.41, 5.74) is 2.34. The van der Waals surface area contributed by atoms with Crippen LogP contribution < -0.4 is 18.9 Å². The van der Waals surface area contributed by atoms with E-state index in [1.54, 1.807) is 53.6 Å². The fourth-order valence-electron chi connectivity index (χ4n) is 3.00. The zero-order valence-corrected chi connectivity index (χ0v) is 17.1. The second-order valence-electron chi connectivity index (χ2n) is 6.55. The van der Waals surface area contributed by atoms with Gasteiger partial charge in [0.15, 0.2) is 18.1 Å². The number of hydrogen-bond donors (Lipinski definition) is 0. The summed E-state index contributed by atoms with van der Waals surface area (Å²) in [6.45, 7) is 3.42. The molecule has 1 aromatic heterocycles. The highest BCUT2D eigenvalue weighted by molar-refractivity contribution is 5.95. The predicted molar refractivity (Wildman–Crippen MR) is 108 cm³/mol. The molecule has 0 amide bonds. The highest BCUT2D eigenvalue weighted by Crippen LogP contribution is 2.43. The van der Waals surface area contributed by atoms with E-state index >= 15 is 0 Å². The molecule has 1 heterocycles. The van der Waals surface area contributed by atoms with E-state index in [1.807, 2.05) is 18.2 Å². The average Bonchev–Trinajstić information content (AvgIpc) is 3.13. The molecule has 0 fully saturated rings. The van der Waals surface area contributed by atoms with E-state index in [9.17, 15) is 4.79 Å². The minimum Gasteiger partial charge on any atom is -0.493 e. The molecule has 0 unspecified atom stereocenters. The van der Waals surface area contributed by atoms with Gasteiger partial charge in [-0.2, -0.15) is 0 Å². The van der Waals surface area contributed by atoms with Crippen molar-refractivity contribution in [3.8, 4) is 34.1 Å². The number of esters is 1. The molecule has 0 bridgehead atoms. The van der Waals surface area contributed by atoms with Crippen LogP contribution in [-0.4, -0.2) is 40.0 Å². The number of fused-ring (bicyclic) bond motifs is 1. The molecule has 7 nitrogen and oxygen atoms in total. The fraction of sp³-hybridized carbons (Fsp3) is 0.318. The lowest BCUT2D eigenvalue weighted by Gasteiger charge is -2.14. The lowest BCUT2D eigenvalue weighted by atomic mass is 10.0. The SMILES string of the molecule is COc1cc(-c2coc3ccc(OCC(=O)OC(C)C)cc23)cc(OC)c1OC. The molecule has 0 aliphatic heterocycles. The first-order chi connectivity index (χ1) is 14.0. The van der Waals surface area contributed by atoms with E-state index < -0.39 is 5.97 Å². The Balaban J connectivity index is 1.95.